The van der Waals surface area contributed by atoms with Crippen molar-refractivity contribution >= 4 is 11.8 Å². The SMILES string of the molecule is C=C1CN(CCc2ccccc2)C(=C(C#N)C#N)S1. The first kappa shape index (κ1) is 13.3. The van der Waals surface area contributed by atoms with Gasteiger partial charge in [-0.2, -0.15) is 10.5 Å². The van der Waals surface area contributed by atoms with Gasteiger partial charge in [-0.3, -0.25) is 0 Å². The first-order valence-corrected chi connectivity index (χ1v) is 6.75. The van der Waals surface area contributed by atoms with Crippen molar-refractivity contribution in [1.82, 2.24) is 4.90 Å². The van der Waals surface area contributed by atoms with E-state index in [2.05, 4.69) is 23.6 Å². The maximum absolute atomic E-state index is 8.98. The van der Waals surface area contributed by atoms with Crippen LogP contribution in [0.15, 0.2) is 52.4 Å². The van der Waals surface area contributed by atoms with Gasteiger partial charge in [-0.25, -0.2) is 0 Å². The summed E-state index contributed by atoms with van der Waals surface area (Å²) in [7, 11) is 0. The summed E-state index contributed by atoms with van der Waals surface area (Å²) >= 11 is 1.43. The van der Waals surface area contributed by atoms with E-state index >= 15 is 0 Å². The Hall–Kier alpha value is -2.17. The smallest absolute Gasteiger partial charge is 0.159 e. The third-order valence-corrected chi connectivity index (χ3v) is 3.92. The van der Waals surface area contributed by atoms with Gasteiger partial charge in [0.05, 0.1) is 0 Å². The Bertz CT molecular complexity index is 574. The predicted octanol–water partition coefficient (Wildman–Crippen LogP) is 3.05. The third kappa shape index (κ3) is 3.19. The molecule has 0 saturated carbocycles. The van der Waals surface area contributed by atoms with Crippen molar-refractivity contribution in [2.24, 2.45) is 0 Å². The van der Waals surface area contributed by atoms with Crippen LogP contribution in [0, 0.1) is 22.7 Å². The minimum absolute atomic E-state index is 0.178. The van der Waals surface area contributed by atoms with E-state index in [4.69, 9.17) is 10.5 Å². The van der Waals surface area contributed by atoms with Crippen molar-refractivity contribution in [3.63, 3.8) is 0 Å². The monoisotopic (exact) mass is 267 g/mol. The second-order valence-corrected chi connectivity index (χ2v) is 5.37. The minimum atomic E-state index is 0.178. The quantitative estimate of drug-likeness (QED) is 0.790. The van der Waals surface area contributed by atoms with E-state index in [1.807, 2.05) is 30.3 Å². The zero-order valence-electron chi connectivity index (χ0n) is 10.5. The highest BCUT2D eigenvalue weighted by Crippen LogP contribution is 2.37. The number of hydrogen-bond donors (Lipinski definition) is 0. The van der Waals surface area contributed by atoms with Crippen LogP contribution in [0.3, 0.4) is 0 Å². The molecule has 1 aromatic rings. The maximum atomic E-state index is 8.98. The van der Waals surface area contributed by atoms with Crippen LogP contribution in [0.1, 0.15) is 5.56 Å². The Kier molecular flexibility index (Phi) is 4.28. The van der Waals surface area contributed by atoms with Crippen molar-refractivity contribution in [3.8, 4) is 12.1 Å². The zero-order valence-corrected chi connectivity index (χ0v) is 11.3. The van der Waals surface area contributed by atoms with Gasteiger partial charge in [-0.05, 0) is 12.0 Å². The van der Waals surface area contributed by atoms with Gasteiger partial charge in [0.2, 0.25) is 0 Å². The molecule has 0 N–H and O–H groups in total. The summed E-state index contributed by atoms with van der Waals surface area (Å²) < 4.78 is 0. The van der Waals surface area contributed by atoms with Gasteiger partial charge in [-0.1, -0.05) is 48.7 Å². The first-order valence-electron chi connectivity index (χ1n) is 5.93. The van der Waals surface area contributed by atoms with Crippen LogP contribution in [-0.2, 0) is 6.42 Å². The van der Waals surface area contributed by atoms with E-state index in [9.17, 15) is 0 Å². The molecule has 0 spiro atoms. The van der Waals surface area contributed by atoms with Crippen molar-refractivity contribution in [1.29, 1.82) is 10.5 Å². The lowest BCUT2D eigenvalue weighted by atomic mass is 10.1. The summed E-state index contributed by atoms with van der Waals surface area (Å²) in [6, 6.07) is 14.1. The fourth-order valence-electron chi connectivity index (χ4n) is 1.94. The molecule has 1 aromatic carbocycles. The lowest BCUT2D eigenvalue weighted by Gasteiger charge is -2.18. The number of thioether (sulfide) groups is 1. The molecular weight excluding hydrogens is 254 g/mol. The van der Waals surface area contributed by atoms with Crippen molar-refractivity contribution in [2.75, 3.05) is 13.1 Å². The average molecular weight is 267 g/mol. The molecular formula is C15H13N3S. The maximum Gasteiger partial charge on any atom is 0.159 e. The summed E-state index contributed by atoms with van der Waals surface area (Å²) in [6.07, 6.45) is 0.891. The highest BCUT2D eigenvalue weighted by Gasteiger charge is 2.24. The second kappa shape index (κ2) is 6.13. The highest BCUT2D eigenvalue weighted by atomic mass is 32.2. The molecule has 0 unspecified atom stereocenters. The molecule has 2 rings (SSSR count). The summed E-state index contributed by atoms with van der Waals surface area (Å²) in [5.41, 5.74) is 1.43. The van der Waals surface area contributed by atoms with Crippen LogP contribution in [-0.4, -0.2) is 18.0 Å². The lowest BCUT2D eigenvalue weighted by molar-refractivity contribution is 0.416. The minimum Gasteiger partial charge on any atom is -0.359 e. The highest BCUT2D eigenvalue weighted by molar-refractivity contribution is 8.07. The van der Waals surface area contributed by atoms with E-state index in [-0.39, 0.29) is 5.57 Å². The molecule has 0 bridgehead atoms. The second-order valence-electron chi connectivity index (χ2n) is 4.20. The standard InChI is InChI=1S/C15H13N3S/c1-12-11-18(15(19-12)14(9-16)10-17)8-7-13-5-3-2-4-6-13/h2-6H,1,7-8,11H2. The molecule has 94 valence electrons. The van der Waals surface area contributed by atoms with Crippen LogP contribution in [0.2, 0.25) is 0 Å². The normalized spacial score (nSPS) is 14.1. The van der Waals surface area contributed by atoms with Crippen LogP contribution in [0.5, 0.6) is 0 Å². The van der Waals surface area contributed by atoms with Crippen LogP contribution in [0.25, 0.3) is 0 Å². The van der Waals surface area contributed by atoms with Gasteiger partial charge in [0.25, 0.3) is 0 Å². The Morgan fingerprint density at radius 2 is 1.95 bits per heavy atom. The number of hydrogen-bond acceptors (Lipinski definition) is 4. The number of nitrogens with zero attached hydrogens (tertiary/aromatic N) is 3. The topological polar surface area (TPSA) is 50.8 Å². The molecule has 0 amide bonds. The largest absolute Gasteiger partial charge is 0.359 e. The van der Waals surface area contributed by atoms with Crippen LogP contribution in [0.4, 0.5) is 0 Å². The predicted molar refractivity (Wildman–Crippen MR) is 76.7 cm³/mol. The van der Waals surface area contributed by atoms with Crippen molar-refractivity contribution in [3.05, 3.63) is 58.0 Å². The average Bonchev–Trinajstić information content (AvgIpc) is 2.80. The molecule has 4 heteroatoms. The van der Waals surface area contributed by atoms with Gasteiger partial charge in [-0.15, -0.1) is 0 Å². The fourth-order valence-corrected chi connectivity index (χ4v) is 2.91. The fraction of sp³-hybridized carbons (Fsp3) is 0.200. The van der Waals surface area contributed by atoms with E-state index in [0.29, 0.717) is 6.54 Å². The van der Waals surface area contributed by atoms with Gasteiger partial charge in [0, 0.05) is 18.0 Å². The number of rotatable bonds is 3. The van der Waals surface area contributed by atoms with Crippen LogP contribution < -0.4 is 0 Å². The van der Waals surface area contributed by atoms with E-state index < -0.39 is 0 Å². The molecule has 0 radical (unpaired) electrons. The summed E-state index contributed by atoms with van der Waals surface area (Å²) in [6.45, 7) is 5.43. The van der Waals surface area contributed by atoms with E-state index in [0.717, 1.165) is 22.9 Å². The van der Waals surface area contributed by atoms with Crippen LogP contribution >= 0.6 is 11.8 Å². The Morgan fingerprint density at radius 3 is 2.58 bits per heavy atom. The zero-order chi connectivity index (χ0) is 13.7. The molecule has 0 aliphatic carbocycles. The molecule has 3 nitrogen and oxygen atoms in total. The summed E-state index contributed by atoms with van der Waals surface area (Å²) in [4.78, 5) is 3.04. The van der Waals surface area contributed by atoms with Gasteiger partial charge < -0.3 is 4.90 Å². The number of allylic oxidation sites excluding steroid dienone is 1. The van der Waals surface area contributed by atoms with Gasteiger partial charge in [0.1, 0.15) is 17.2 Å². The molecule has 1 saturated heterocycles. The summed E-state index contributed by atoms with van der Waals surface area (Å²) in [5.74, 6) is 0. The van der Waals surface area contributed by atoms with Gasteiger partial charge >= 0.3 is 0 Å². The number of nitriles is 2. The molecule has 1 fully saturated rings. The lowest BCUT2D eigenvalue weighted by Crippen LogP contribution is -2.21. The molecule has 1 aliphatic heterocycles. The van der Waals surface area contributed by atoms with Crippen molar-refractivity contribution < 1.29 is 0 Å². The molecule has 0 aromatic heterocycles. The third-order valence-electron chi connectivity index (χ3n) is 2.85. The van der Waals surface area contributed by atoms with E-state index in [1.165, 1.54) is 17.3 Å². The first-order chi connectivity index (χ1) is 9.24. The Labute approximate surface area is 117 Å². The Balaban J connectivity index is 2.11. The Morgan fingerprint density at radius 1 is 1.26 bits per heavy atom. The molecule has 1 aliphatic rings. The molecule has 0 atom stereocenters. The summed E-state index contributed by atoms with van der Waals surface area (Å²) in [5, 5.41) is 18.7. The molecule has 1 heterocycles. The number of benzene rings is 1. The van der Waals surface area contributed by atoms with E-state index in [1.54, 1.807) is 0 Å². The molecule has 19 heavy (non-hydrogen) atoms. The van der Waals surface area contributed by atoms with Crippen molar-refractivity contribution in [2.45, 2.75) is 6.42 Å². The van der Waals surface area contributed by atoms with Gasteiger partial charge in [0.15, 0.2) is 5.57 Å².